The molecule has 0 unspecified atom stereocenters. The number of hydrogen-bond acceptors (Lipinski definition) is 6. The molecule has 0 bridgehead atoms. The normalized spacial score (nSPS) is 11.0. The Labute approximate surface area is 190 Å². The highest BCUT2D eigenvalue weighted by Crippen LogP contribution is 2.31. The lowest BCUT2D eigenvalue weighted by atomic mass is 10.1. The van der Waals surface area contributed by atoms with Crippen LogP contribution >= 0.6 is 23.1 Å². The molecular formula is C23H26N4O2S2. The van der Waals surface area contributed by atoms with Crippen LogP contribution in [-0.4, -0.2) is 39.7 Å². The van der Waals surface area contributed by atoms with Gasteiger partial charge in [0.05, 0.1) is 29.3 Å². The number of amides is 1. The molecule has 1 amide bonds. The molecule has 0 fully saturated rings. The topological polar surface area (TPSA) is 79.0 Å². The summed E-state index contributed by atoms with van der Waals surface area (Å²) in [5.41, 5.74) is 3.93. The zero-order valence-electron chi connectivity index (χ0n) is 18.5. The van der Waals surface area contributed by atoms with E-state index in [-0.39, 0.29) is 17.2 Å². The molecule has 0 aliphatic heterocycles. The van der Waals surface area contributed by atoms with Gasteiger partial charge in [-0.3, -0.25) is 14.2 Å². The molecule has 0 spiro atoms. The highest BCUT2D eigenvalue weighted by Gasteiger charge is 2.20. The van der Waals surface area contributed by atoms with E-state index in [4.69, 9.17) is 10.2 Å². The Bertz CT molecular complexity index is 1240. The highest BCUT2D eigenvalue weighted by atomic mass is 32.2. The van der Waals surface area contributed by atoms with E-state index in [0.717, 1.165) is 33.7 Å². The summed E-state index contributed by atoms with van der Waals surface area (Å²) >= 11 is 2.78. The molecule has 0 radical (unpaired) electrons. The average molecular weight is 455 g/mol. The summed E-state index contributed by atoms with van der Waals surface area (Å²) in [6.45, 7) is 8.50. The minimum atomic E-state index is -0.0992. The first-order valence-electron chi connectivity index (χ1n) is 10.1. The van der Waals surface area contributed by atoms with Crippen molar-refractivity contribution in [3.63, 3.8) is 0 Å². The summed E-state index contributed by atoms with van der Waals surface area (Å²) in [5.74, 6) is 0.0493. The van der Waals surface area contributed by atoms with Gasteiger partial charge in [0.25, 0.3) is 5.56 Å². The monoisotopic (exact) mass is 454 g/mol. The third-order valence-corrected chi connectivity index (χ3v) is 7.37. The fourth-order valence-electron chi connectivity index (χ4n) is 3.39. The molecule has 0 saturated carbocycles. The van der Waals surface area contributed by atoms with Crippen molar-refractivity contribution in [2.24, 2.45) is 0 Å². The second kappa shape index (κ2) is 9.67. The maximum atomic E-state index is 13.6. The van der Waals surface area contributed by atoms with Gasteiger partial charge in [0, 0.05) is 18.5 Å². The van der Waals surface area contributed by atoms with Crippen LogP contribution in [0.5, 0.6) is 0 Å². The number of carbonyl (C=O) groups excluding carboxylic acids is 1. The van der Waals surface area contributed by atoms with Crippen molar-refractivity contribution in [2.45, 2.75) is 45.7 Å². The number of aromatic nitrogens is 2. The number of aryl methyl sites for hydroxylation is 4. The summed E-state index contributed by atoms with van der Waals surface area (Å²) in [7, 11) is 1.68. The van der Waals surface area contributed by atoms with Crippen molar-refractivity contribution in [1.82, 2.24) is 14.5 Å². The van der Waals surface area contributed by atoms with Crippen LogP contribution in [0.2, 0.25) is 0 Å². The maximum absolute atomic E-state index is 13.6. The van der Waals surface area contributed by atoms with Crippen LogP contribution in [0.25, 0.3) is 15.9 Å². The van der Waals surface area contributed by atoms with E-state index in [2.05, 4.69) is 6.07 Å². The van der Waals surface area contributed by atoms with Gasteiger partial charge in [0.15, 0.2) is 5.16 Å². The Morgan fingerprint density at radius 2 is 2.03 bits per heavy atom. The van der Waals surface area contributed by atoms with E-state index in [1.165, 1.54) is 28.0 Å². The molecule has 3 aromatic rings. The minimum Gasteiger partial charge on any atom is -0.344 e. The van der Waals surface area contributed by atoms with Crippen molar-refractivity contribution in [3.05, 3.63) is 50.1 Å². The van der Waals surface area contributed by atoms with Crippen LogP contribution in [-0.2, 0) is 11.2 Å². The lowest BCUT2D eigenvalue weighted by Gasteiger charge is -2.17. The van der Waals surface area contributed by atoms with Gasteiger partial charge in [-0.2, -0.15) is 5.26 Å². The lowest BCUT2D eigenvalue weighted by Crippen LogP contribution is -2.29. The number of benzene rings is 1. The molecule has 8 heteroatoms. The Kier molecular flexibility index (Phi) is 7.19. The molecule has 162 valence electrons. The molecular weight excluding hydrogens is 428 g/mol. The number of hydrogen-bond donors (Lipinski definition) is 0. The van der Waals surface area contributed by atoms with E-state index in [1.54, 1.807) is 11.6 Å². The highest BCUT2D eigenvalue weighted by molar-refractivity contribution is 7.99. The molecule has 0 atom stereocenters. The summed E-state index contributed by atoms with van der Waals surface area (Å²) in [5, 5.41) is 9.92. The quantitative estimate of drug-likeness (QED) is 0.391. The Morgan fingerprint density at radius 1 is 1.29 bits per heavy atom. The molecule has 6 nitrogen and oxygen atoms in total. The number of fused-ring (bicyclic) bond motifs is 1. The Balaban J connectivity index is 2.11. The van der Waals surface area contributed by atoms with Gasteiger partial charge < -0.3 is 4.90 Å². The minimum absolute atomic E-state index is 0.0952. The summed E-state index contributed by atoms with van der Waals surface area (Å²) < 4.78 is 1.63. The molecule has 2 heterocycles. The predicted octanol–water partition coefficient (Wildman–Crippen LogP) is 4.40. The number of rotatable bonds is 7. The molecule has 2 aromatic heterocycles. The smallest absolute Gasteiger partial charge is 0.267 e. The number of nitriles is 1. The van der Waals surface area contributed by atoms with E-state index < -0.39 is 0 Å². The number of thioether (sulfide) groups is 1. The van der Waals surface area contributed by atoms with Crippen LogP contribution < -0.4 is 5.56 Å². The van der Waals surface area contributed by atoms with Crippen LogP contribution in [0, 0.1) is 32.1 Å². The van der Waals surface area contributed by atoms with Gasteiger partial charge >= 0.3 is 0 Å². The van der Waals surface area contributed by atoms with E-state index in [0.29, 0.717) is 28.3 Å². The van der Waals surface area contributed by atoms with Crippen LogP contribution in [0.15, 0.2) is 28.2 Å². The Hall–Kier alpha value is -2.63. The summed E-state index contributed by atoms with van der Waals surface area (Å²) in [4.78, 5) is 34.3. The van der Waals surface area contributed by atoms with Crippen molar-refractivity contribution >= 4 is 39.2 Å². The van der Waals surface area contributed by atoms with Gasteiger partial charge in [0.2, 0.25) is 5.91 Å². The molecule has 0 aliphatic rings. The van der Waals surface area contributed by atoms with Crippen molar-refractivity contribution < 1.29 is 4.79 Å². The molecule has 1 aromatic carbocycles. The second-order valence-corrected chi connectivity index (χ2v) is 9.63. The van der Waals surface area contributed by atoms with Crippen LogP contribution in [0.4, 0.5) is 0 Å². The van der Waals surface area contributed by atoms with Crippen molar-refractivity contribution in [2.75, 3.05) is 19.3 Å². The molecule has 0 N–H and O–H groups in total. The zero-order valence-corrected chi connectivity index (χ0v) is 20.1. The molecule has 3 rings (SSSR count). The van der Waals surface area contributed by atoms with Crippen LogP contribution in [0.3, 0.4) is 0 Å². The first kappa shape index (κ1) is 23.0. The fraction of sp³-hybridized carbons (Fsp3) is 0.391. The first-order valence-corrected chi connectivity index (χ1v) is 11.9. The summed E-state index contributed by atoms with van der Waals surface area (Å²) in [6, 6.07) is 7.96. The average Bonchev–Trinajstić information content (AvgIpc) is 3.07. The van der Waals surface area contributed by atoms with Crippen molar-refractivity contribution in [1.29, 1.82) is 5.26 Å². The van der Waals surface area contributed by atoms with Crippen molar-refractivity contribution in [3.8, 4) is 11.8 Å². The largest absolute Gasteiger partial charge is 0.344 e. The van der Waals surface area contributed by atoms with E-state index in [1.807, 2.05) is 45.9 Å². The van der Waals surface area contributed by atoms with Gasteiger partial charge in [-0.1, -0.05) is 24.8 Å². The number of thiophene rings is 1. The van der Waals surface area contributed by atoms with Crippen LogP contribution in [0.1, 0.15) is 34.9 Å². The maximum Gasteiger partial charge on any atom is 0.267 e. The third kappa shape index (κ3) is 4.68. The van der Waals surface area contributed by atoms with Gasteiger partial charge in [-0.15, -0.1) is 11.3 Å². The van der Waals surface area contributed by atoms with Gasteiger partial charge in [-0.05, 0) is 56.0 Å². The molecule has 31 heavy (non-hydrogen) atoms. The van der Waals surface area contributed by atoms with E-state index in [9.17, 15) is 9.59 Å². The standard InChI is InChI=1S/C23H26N4O2S2/c1-6-18-16(4)31-21-20(18)22(29)27(17-9-8-14(2)15(3)12-17)23(25-21)30-13-19(28)26(5)11-7-10-24/h8-9,12H,6-7,11,13H2,1-5H3. The predicted molar refractivity (Wildman–Crippen MR) is 127 cm³/mol. The third-order valence-electron chi connectivity index (χ3n) is 5.41. The second-order valence-electron chi connectivity index (χ2n) is 7.49. The fourth-order valence-corrected chi connectivity index (χ4v) is 5.50. The first-order chi connectivity index (χ1) is 14.8. The van der Waals surface area contributed by atoms with Gasteiger partial charge in [-0.25, -0.2) is 4.98 Å². The number of nitrogens with zero attached hydrogens (tertiary/aromatic N) is 4. The molecule has 0 saturated heterocycles. The van der Waals surface area contributed by atoms with Gasteiger partial charge in [0.1, 0.15) is 4.83 Å². The SMILES string of the molecule is CCc1c(C)sc2nc(SCC(=O)N(C)CCC#N)n(-c3ccc(C)c(C)c3)c(=O)c12. The molecule has 0 aliphatic carbocycles. The summed E-state index contributed by atoms with van der Waals surface area (Å²) in [6.07, 6.45) is 1.06. The van der Waals surface area contributed by atoms with E-state index >= 15 is 0 Å². The Morgan fingerprint density at radius 3 is 2.68 bits per heavy atom. The number of carbonyl (C=O) groups is 1. The zero-order chi connectivity index (χ0) is 22.7. The lowest BCUT2D eigenvalue weighted by molar-refractivity contribution is -0.127.